The van der Waals surface area contributed by atoms with Crippen molar-refractivity contribution >= 4 is 5.82 Å². The lowest BCUT2D eigenvalue weighted by atomic mass is 10.2. The van der Waals surface area contributed by atoms with Crippen LogP contribution in [-0.4, -0.2) is 51.4 Å². The monoisotopic (exact) mass is 416 g/mol. The van der Waals surface area contributed by atoms with Gasteiger partial charge in [0.05, 0.1) is 13.2 Å². The van der Waals surface area contributed by atoms with Gasteiger partial charge in [0.2, 0.25) is 5.82 Å². The summed E-state index contributed by atoms with van der Waals surface area (Å²) in [4.78, 5) is 19.8. The third-order valence-electron chi connectivity index (χ3n) is 4.82. The standard InChI is InChI=1S/C22H20N6O3/c1-2-4-17(5-3-1)21-26-20(27-31-21)18-14-19(28-10-12-29-13-11-28)25-22(24-18)30-15-16-6-8-23-9-7-16/h1-9,14H,10-13,15H2. The maximum Gasteiger partial charge on any atom is 0.319 e. The summed E-state index contributed by atoms with van der Waals surface area (Å²) in [6.07, 6.45) is 3.44. The molecule has 0 unspecified atom stereocenters. The number of morpholine rings is 1. The molecule has 0 radical (unpaired) electrons. The molecule has 1 fully saturated rings. The SMILES string of the molecule is c1ccc(-c2nc(-c3cc(N4CCOCC4)nc(OCc4ccncc4)n3)no2)cc1. The van der Waals surface area contributed by atoms with Crippen molar-refractivity contribution in [2.75, 3.05) is 31.2 Å². The second-order valence-corrected chi connectivity index (χ2v) is 6.93. The predicted molar refractivity (Wildman–Crippen MR) is 112 cm³/mol. The third kappa shape index (κ3) is 4.51. The Morgan fingerprint density at radius 1 is 0.935 bits per heavy atom. The molecule has 156 valence electrons. The molecule has 5 rings (SSSR count). The first-order chi connectivity index (χ1) is 15.3. The number of ether oxygens (including phenoxy) is 2. The summed E-state index contributed by atoms with van der Waals surface area (Å²) in [5.74, 6) is 1.55. The average molecular weight is 416 g/mol. The van der Waals surface area contributed by atoms with E-state index in [1.54, 1.807) is 12.4 Å². The molecule has 9 heteroatoms. The zero-order valence-electron chi connectivity index (χ0n) is 16.7. The molecule has 0 bridgehead atoms. The number of hydrogen-bond donors (Lipinski definition) is 0. The minimum absolute atomic E-state index is 0.252. The number of hydrogen-bond acceptors (Lipinski definition) is 9. The van der Waals surface area contributed by atoms with E-state index < -0.39 is 0 Å². The molecule has 0 N–H and O–H groups in total. The normalized spacial score (nSPS) is 13.9. The molecule has 0 amide bonds. The van der Waals surface area contributed by atoms with Crippen LogP contribution in [-0.2, 0) is 11.3 Å². The van der Waals surface area contributed by atoms with Crippen LogP contribution < -0.4 is 9.64 Å². The van der Waals surface area contributed by atoms with Crippen molar-refractivity contribution in [1.29, 1.82) is 0 Å². The fourth-order valence-electron chi connectivity index (χ4n) is 3.20. The van der Waals surface area contributed by atoms with Crippen LogP contribution in [0, 0.1) is 0 Å². The Bertz CT molecular complexity index is 1130. The van der Waals surface area contributed by atoms with Gasteiger partial charge in [-0.05, 0) is 29.8 Å². The summed E-state index contributed by atoms with van der Waals surface area (Å²) >= 11 is 0. The molecule has 4 aromatic rings. The number of rotatable bonds is 6. The Labute approximate surface area is 178 Å². The van der Waals surface area contributed by atoms with E-state index in [9.17, 15) is 0 Å². The molecule has 0 aliphatic carbocycles. The van der Waals surface area contributed by atoms with E-state index >= 15 is 0 Å². The second kappa shape index (κ2) is 8.88. The van der Waals surface area contributed by atoms with Crippen LogP contribution in [0.1, 0.15) is 5.56 Å². The van der Waals surface area contributed by atoms with Crippen molar-refractivity contribution in [3.8, 4) is 29.0 Å². The molecule has 1 aliphatic heterocycles. The van der Waals surface area contributed by atoms with Gasteiger partial charge in [-0.3, -0.25) is 4.98 Å². The molecule has 31 heavy (non-hydrogen) atoms. The molecule has 0 atom stereocenters. The van der Waals surface area contributed by atoms with E-state index in [-0.39, 0.29) is 6.01 Å². The molecule has 0 spiro atoms. The summed E-state index contributed by atoms with van der Waals surface area (Å²) < 4.78 is 16.8. The van der Waals surface area contributed by atoms with Crippen LogP contribution in [0.15, 0.2) is 65.4 Å². The molecule has 0 saturated carbocycles. The van der Waals surface area contributed by atoms with Gasteiger partial charge in [-0.2, -0.15) is 15.0 Å². The summed E-state index contributed by atoms with van der Waals surface area (Å²) in [5.41, 5.74) is 2.35. The van der Waals surface area contributed by atoms with E-state index in [1.165, 1.54) is 0 Å². The van der Waals surface area contributed by atoms with Crippen molar-refractivity contribution in [1.82, 2.24) is 25.1 Å². The third-order valence-corrected chi connectivity index (χ3v) is 4.82. The first kappa shape index (κ1) is 19.1. The Kier molecular flexibility index (Phi) is 5.48. The van der Waals surface area contributed by atoms with Gasteiger partial charge in [-0.25, -0.2) is 0 Å². The van der Waals surface area contributed by atoms with Gasteiger partial charge in [0.25, 0.3) is 5.89 Å². The summed E-state index contributed by atoms with van der Waals surface area (Å²) in [6, 6.07) is 15.5. The van der Waals surface area contributed by atoms with Gasteiger partial charge in [0.1, 0.15) is 18.1 Å². The topological polar surface area (TPSA) is 99.3 Å². The van der Waals surface area contributed by atoms with Crippen molar-refractivity contribution in [2.45, 2.75) is 6.61 Å². The Morgan fingerprint density at radius 2 is 1.74 bits per heavy atom. The van der Waals surface area contributed by atoms with Gasteiger partial charge >= 0.3 is 6.01 Å². The lowest BCUT2D eigenvalue weighted by Crippen LogP contribution is -2.36. The van der Waals surface area contributed by atoms with Crippen molar-refractivity contribution in [3.63, 3.8) is 0 Å². The molecular formula is C22H20N6O3. The fourth-order valence-corrected chi connectivity index (χ4v) is 3.20. The Morgan fingerprint density at radius 3 is 2.55 bits per heavy atom. The van der Waals surface area contributed by atoms with E-state index in [0.717, 1.165) is 30.0 Å². The molecule has 1 aromatic carbocycles. The number of benzene rings is 1. The largest absolute Gasteiger partial charge is 0.459 e. The number of nitrogens with zero attached hydrogens (tertiary/aromatic N) is 6. The molecular weight excluding hydrogens is 396 g/mol. The highest BCUT2D eigenvalue weighted by Gasteiger charge is 2.19. The van der Waals surface area contributed by atoms with E-state index in [2.05, 4.69) is 30.0 Å². The fraction of sp³-hybridized carbons (Fsp3) is 0.227. The van der Waals surface area contributed by atoms with Crippen LogP contribution >= 0.6 is 0 Å². The zero-order chi connectivity index (χ0) is 20.9. The highest BCUT2D eigenvalue weighted by Crippen LogP contribution is 2.26. The average Bonchev–Trinajstić information content (AvgIpc) is 3.35. The summed E-state index contributed by atoms with van der Waals surface area (Å²) in [6.45, 7) is 3.10. The van der Waals surface area contributed by atoms with Crippen LogP contribution in [0.4, 0.5) is 5.82 Å². The molecule has 1 saturated heterocycles. The van der Waals surface area contributed by atoms with Crippen LogP contribution in [0.3, 0.4) is 0 Å². The molecule has 9 nitrogen and oxygen atoms in total. The van der Waals surface area contributed by atoms with E-state index in [4.69, 9.17) is 14.0 Å². The minimum atomic E-state index is 0.252. The van der Waals surface area contributed by atoms with Crippen LogP contribution in [0.25, 0.3) is 23.0 Å². The Hall–Kier alpha value is -3.85. The van der Waals surface area contributed by atoms with Gasteiger partial charge in [-0.15, -0.1) is 0 Å². The highest BCUT2D eigenvalue weighted by molar-refractivity contribution is 5.60. The first-order valence-corrected chi connectivity index (χ1v) is 9.98. The van der Waals surface area contributed by atoms with Crippen LogP contribution in [0.2, 0.25) is 0 Å². The summed E-state index contributed by atoms with van der Waals surface area (Å²) in [5, 5.41) is 4.13. The van der Waals surface area contributed by atoms with Gasteiger partial charge in [0, 0.05) is 37.1 Å². The van der Waals surface area contributed by atoms with E-state index in [0.29, 0.717) is 37.2 Å². The Balaban J connectivity index is 1.46. The number of anilines is 1. The van der Waals surface area contributed by atoms with E-state index in [1.807, 2.05) is 48.5 Å². The minimum Gasteiger partial charge on any atom is -0.459 e. The van der Waals surface area contributed by atoms with Gasteiger partial charge in [-0.1, -0.05) is 23.4 Å². The number of pyridine rings is 1. The maximum atomic E-state index is 5.88. The molecule has 3 aromatic heterocycles. The molecule has 1 aliphatic rings. The maximum absolute atomic E-state index is 5.88. The smallest absolute Gasteiger partial charge is 0.319 e. The highest BCUT2D eigenvalue weighted by atomic mass is 16.5. The predicted octanol–water partition coefficient (Wildman–Crippen LogP) is 3.00. The lowest BCUT2D eigenvalue weighted by Gasteiger charge is -2.28. The first-order valence-electron chi connectivity index (χ1n) is 9.98. The van der Waals surface area contributed by atoms with Crippen molar-refractivity contribution in [3.05, 3.63) is 66.5 Å². The number of aromatic nitrogens is 5. The lowest BCUT2D eigenvalue weighted by molar-refractivity contribution is 0.122. The summed E-state index contributed by atoms with van der Waals surface area (Å²) in [7, 11) is 0. The van der Waals surface area contributed by atoms with Gasteiger partial charge < -0.3 is 18.9 Å². The van der Waals surface area contributed by atoms with Crippen molar-refractivity contribution in [2.24, 2.45) is 0 Å². The van der Waals surface area contributed by atoms with Crippen molar-refractivity contribution < 1.29 is 14.0 Å². The second-order valence-electron chi connectivity index (χ2n) is 6.93. The van der Waals surface area contributed by atoms with Crippen LogP contribution in [0.5, 0.6) is 6.01 Å². The van der Waals surface area contributed by atoms with Gasteiger partial charge in [0.15, 0.2) is 0 Å². The zero-order valence-corrected chi connectivity index (χ0v) is 16.7. The quantitative estimate of drug-likeness (QED) is 0.469. The molecule has 4 heterocycles.